The van der Waals surface area contributed by atoms with Gasteiger partial charge in [0.15, 0.2) is 0 Å². The van der Waals surface area contributed by atoms with Gasteiger partial charge < -0.3 is 15.0 Å². The Hall–Kier alpha value is -1.71. The number of rotatable bonds is 3. The van der Waals surface area contributed by atoms with Gasteiger partial charge in [0, 0.05) is 25.3 Å². The molecule has 1 aliphatic rings. The third-order valence-electron chi connectivity index (χ3n) is 4.13. The summed E-state index contributed by atoms with van der Waals surface area (Å²) in [7, 11) is 0. The summed E-state index contributed by atoms with van der Waals surface area (Å²) < 4.78 is 5.49. The second-order valence-corrected chi connectivity index (χ2v) is 7.63. The van der Waals surface area contributed by atoms with E-state index in [4.69, 9.17) is 4.74 Å². The Morgan fingerprint density at radius 2 is 2.09 bits per heavy atom. The summed E-state index contributed by atoms with van der Waals surface area (Å²) in [6.45, 7) is 12.4. The number of carbonyl (C=O) groups excluding carboxylic acids is 1. The molecule has 0 spiro atoms. The molecule has 0 aromatic heterocycles. The molecule has 0 radical (unpaired) electrons. The van der Waals surface area contributed by atoms with Crippen LogP contribution in [0.25, 0.3) is 0 Å². The first kappa shape index (κ1) is 17.6. The molecule has 0 saturated carbocycles. The minimum Gasteiger partial charge on any atom is -0.444 e. The fourth-order valence-electron chi connectivity index (χ4n) is 2.99. The summed E-state index contributed by atoms with van der Waals surface area (Å²) in [5.41, 5.74) is 3.30. The van der Waals surface area contributed by atoms with Gasteiger partial charge in [0.1, 0.15) is 5.60 Å². The lowest BCUT2D eigenvalue weighted by molar-refractivity contribution is 0.0172. The van der Waals surface area contributed by atoms with Crippen LogP contribution in [0.1, 0.15) is 44.7 Å². The van der Waals surface area contributed by atoms with E-state index in [-0.39, 0.29) is 6.09 Å². The van der Waals surface area contributed by atoms with Crippen LogP contribution in [0.15, 0.2) is 18.2 Å². The maximum atomic E-state index is 12.2. The Labute approximate surface area is 140 Å². The zero-order valence-electron chi connectivity index (χ0n) is 15.1. The third-order valence-corrected chi connectivity index (χ3v) is 4.13. The monoisotopic (exact) mass is 318 g/mol. The Morgan fingerprint density at radius 3 is 2.74 bits per heavy atom. The highest BCUT2D eigenvalue weighted by atomic mass is 16.6. The van der Waals surface area contributed by atoms with E-state index in [1.807, 2.05) is 25.7 Å². The molecule has 2 rings (SSSR count). The van der Waals surface area contributed by atoms with Crippen LogP contribution in [0.2, 0.25) is 0 Å². The van der Waals surface area contributed by atoms with Crippen molar-refractivity contribution in [3.05, 3.63) is 29.3 Å². The Balaban J connectivity index is 1.87. The number of amides is 1. The summed E-state index contributed by atoms with van der Waals surface area (Å²) in [6.07, 6.45) is 2.00. The minimum atomic E-state index is -0.429. The lowest BCUT2D eigenvalue weighted by atomic mass is 9.98. The second-order valence-electron chi connectivity index (χ2n) is 7.63. The molecule has 1 aromatic carbocycles. The number of likely N-dealkylation sites (tertiary alicyclic amines) is 1. The first-order valence-corrected chi connectivity index (χ1v) is 8.53. The van der Waals surface area contributed by atoms with Gasteiger partial charge in [0.05, 0.1) is 0 Å². The van der Waals surface area contributed by atoms with E-state index in [2.05, 4.69) is 37.4 Å². The molecule has 1 atom stereocenters. The summed E-state index contributed by atoms with van der Waals surface area (Å²) in [6, 6.07) is 6.46. The van der Waals surface area contributed by atoms with Gasteiger partial charge >= 0.3 is 6.09 Å². The molecule has 4 nitrogen and oxygen atoms in total. The zero-order valence-corrected chi connectivity index (χ0v) is 15.1. The van der Waals surface area contributed by atoms with Gasteiger partial charge in [0.25, 0.3) is 0 Å². The third kappa shape index (κ3) is 5.45. The quantitative estimate of drug-likeness (QED) is 0.900. The van der Waals surface area contributed by atoms with Gasteiger partial charge in [-0.2, -0.15) is 0 Å². The maximum Gasteiger partial charge on any atom is 0.410 e. The number of aryl methyl sites for hydroxylation is 2. The molecule has 1 aliphatic heterocycles. The van der Waals surface area contributed by atoms with Gasteiger partial charge in [-0.3, -0.25) is 0 Å². The summed E-state index contributed by atoms with van der Waals surface area (Å²) in [4.78, 5) is 14.1. The van der Waals surface area contributed by atoms with Crippen molar-refractivity contribution < 1.29 is 9.53 Å². The van der Waals surface area contributed by atoms with Gasteiger partial charge in [-0.25, -0.2) is 4.79 Å². The Kier molecular flexibility index (Phi) is 5.55. The highest BCUT2D eigenvalue weighted by Crippen LogP contribution is 2.21. The summed E-state index contributed by atoms with van der Waals surface area (Å²) >= 11 is 0. The number of ether oxygens (including phenoxy) is 1. The molecule has 0 aliphatic carbocycles. The molecule has 23 heavy (non-hydrogen) atoms. The molecule has 0 bridgehead atoms. The van der Waals surface area contributed by atoms with E-state index in [0.717, 1.165) is 32.5 Å². The molecule has 1 N–H and O–H groups in total. The smallest absolute Gasteiger partial charge is 0.410 e. The summed E-state index contributed by atoms with van der Waals surface area (Å²) in [5.74, 6) is 0.469. The number of hydrogen-bond acceptors (Lipinski definition) is 3. The number of piperidine rings is 1. The normalized spacial score (nSPS) is 18.7. The number of anilines is 1. The SMILES string of the molecule is Cc1ccc(NCC2CCCN(C(=O)OC(C)(C)C)C2)c(C)c1. The fourth-order valence-corrected chi connectivity index (χ4v) is 2.99. The number of nitrogens with zero attached hydrogens (tertiary/aromatic N) is 1. The topological polar surface area (TPSA) is 41.6 Å². The van der Waals surface area contributed by atoms with Crippen LogP contribution < -0.4 is 5.32 Å². The number of carbonyl (C=O) groups is 1. The first-order chi connectivity index (χ1) is 10.7. The second kappa shape index (κ2) is 7.24. The van der Waals surface area contributed by atoms with E-state index in [1.54, 1.807) is 0 Å². The Morgan fingerprint density at radius 1 is 1.35 bits per heavy atom. The average molecular weight is 318 g/mol. The van der Waals surface area contributed by atoms with E-state index in [0.29, 0.717) is 5.92 Å². The van der Waals surface area contributed by atoms with Crippen molar-refractivity contribution in [3.8, 4) is 0 Å². The van der Waals surface area contributed by atoms with E-state index >= 15 is 0 Å². The predicted octanol–water partition coefficient (Wildman–Crippen LogP) is 4.36. The highest BCUT2D eigenvalue weighted by molar-refractivity contribution is 5.68. The minimum absolute atomic E-state index is 0.186. The van der Waals surface area contributed by atoms with Crippen LogP contribution in [-0.2, 0) is 4.74 Å². The van der Waals surface area contributed by atoms with Crippen molar-refractivity contribution in [2.24, 2.45) is 5.92 Å². The standard InChI is InChI=1S/C19H30N2O2/c1-14-8-9-17(15(2)11-14)20-12-16-7-6-10-21(13-16)18(22)23-19(3,4)5/h8-9,11,16,20H,6-7,10,12-13H2,1-5H3. The maximum absolute atomic E-state index is 12.2. The van der Waals surface area contributed by atoms with E-state index < -0.39 is 5.60 Å². The average Bonchev–Trinajstić information content (AvgIpc) is 2.45. The van der Waals surface area contributed by atoms with Crippen LogP contribution in [0, 0.1) is 19.8 Å². The number of benzene rings is 1. The van der Waals surface area contributed by atoms with E-state index in [9.17, 15) is 4.79 Å². The van der Waals surface area contributed by atoms with Gasteiger partial charge in [-0.1, -0.05) is 17.7 Å². The molecule has 1 unspecified atom stereocenters. The lowest BCUT2D eigenvalue weighted by Gasteiger charge is -2.34. The van der Waals surface area contributed by atoms with Crippen LogP contribution >= 0.6 is 0 Å². The van der Waals surface area contributed by atoms with Crippen molar-refractivity contribution in [2.75, 3.05) is 25.0 Å². The van der Waals surface area contributed by atoms with Crippen molar-refractivity contribution in [1.82, 2.24) is 4.90 Å². The van der Waals surface area contributed by atoms with Crippen LogP contribution in [-0.4, -0.2) is 36.2 Å². The van der Waals surface area contributed by atoms with Gasteiger partial charge in [-0.15, -0.1) is 0 Å². The Bertz CT molecular complexity index is 549. The molecule has 128 valence electrons. The highest BCUT2D eigenvalue weighted by Gasteiger charge is 2.27. The zero-order chi connectivity index (χ0) is 17.0. The summed E-state index contributed by atoms with van der Waals surface area (Å²) in [5, 5.41) is 3.54. The molecule has 1 heterocycles. The number of nitrogens with one attached hydrogen (secondary N) is 1. The van der Waals surface area contributed by atoms with Crippen molar-refractivity contribution in [3.63, 3.8) is 0 Å². The van der Waals surface area contributed by atoms with E-state index in [1.165, 1.54) is 16.8 Å². The van der Waals surface area contributed by atoms with Crippen LogP contribution in [0.5, 0.6) is 0 Å². The van der Waals surface area contributed by atoms with Crippen molar-refractivity contribution in [1.29, 1.82) is 0 Å². The van der Waals surface area contributed by atoms with Crippen molar-refractivity contribution >= 4 is 11.8 Å². The molecular weight excluding hydrogens is 288 g/mol. The molecule has 1 amide bonds. The fraction of sp³-hybridized carbons (Fsp3) is 0.632. The van der Waals surface area contributed by atoms with Gasteiger partial charge in [-0.05, 0) is 65.0 Å². The van der Waals surface area contributed by atoms with Crippen molar-refractivity contribution in [2.45, 2.75) is 53.1 Å². The van der Waals surface area contributed by atoms with Crippen LogP contribution in [0.3, 0.4) is 0 Å². The van der Waals surface area contributed by atoms with Gasteiger partial charge in [0.2, 0.25) is 0 Å². The van der Waals surface area contributed by atoms with Crippen LogP contribution in [0.4, 0.5) is 10.5 Å². The number of hydrogen-bond donors (Lipinski definition) is 1. The molecule has 1 saturated heterocycles. The molecular formula is C19H30N2O2. The molecule has 1 aromatic rings. The largest absolute Gasteiger partial charge is 0.444 e. The molecule has 4 heteroatoms. The molecule has 1 fully saturated rings. The first-order valence-electron chi connectivity index (χ1n) is 8.53. The lowest BCUT2D eigenvalue weighted by Crippen LogP contribution is -2.44. The predicted molar refractivity (Wildman–Crippen MR) is 94.9 cm³/mol.